The van der Waals surface area contributed by atoms with Crippen molar-refractivity contribution in [2.75, 3.05) is 13.2 Å². The van der Waals surface area contributed by atoms with Crippen molar-refractivity contribution in [2.45, 2.75) is 64.5 Å². The van der Waals surface area contributed by atoms with Gasteiger partial charge in [-0.3, -0.25) is 4.79 Å². The monoisotopic (exact) mass is 628 g/mol. The maximum Gasteiger partial charge on any atom is 0.389 e. The van der Waals surface area contributed by atoms with Gasteiger partial charge in [-0.05, 0) is 89.6 Å². The number of aliphatic hydroxyl groups is 1. The molecule has 0 radical (unpaired) electrons. The third kappa shape index (κ3) is 14.9. The fourth-order valence-electron chi connectivity index (χ4n) is 4.37. The highest BCUT2D eigenvalue weighted by Gasteiger charge is 2.25. The molecule has 0 fully saturated rings. The van der Waals surface area contributed by atoms with E-state index in [4.69, 9.17) is 14.6 Å². The normalized spacial score (nSPS) is 10.4. The second-order valence-corrected chi connectivity index (χ2v) is 10.1. The van der Waals surface area contributed by atoms with Crippen molar-refractivity contribution in [2.24, 2.45) is 0 Å². The molecule has 244 valence electrons. The smallest absolute Gasteiger partial charge is 0.389 e. The van der Waals surface area contributed by atoms with E-state index in [1.807, 2.05) is 25.0 Å². The fraction of sp³-hybridized carbons (Fsp3) is 0.333. The van der Waals surface area contributed by atoms with Crippen LogP contribution in [0.3, 0.4) is 0 Å². The van der Waals surface area contributed by atoms with E-state index in [9.17, 15) is 23.2 Å². The van der Waals surface area contributed by atoms with Gasteiger partial charge >= 0.3 is 6.18 Å². The lowest BCUT2D eigenvalue weighted by molar-refractivity contribution is -0.137. The number of benzene rings is 3. The quantitative estimate of drug-likeness (QED) is 0.0411. The van der Waals surface area contributed by atoms with Crippen LogP contribution in [-0.4, -0.2) is 42.8 Å². The minimum atomic E-state index is -4.06. The largest absolute Gasteiger partial charge is 0.493 e. The number of aldehydes is 1. The second-order valence-electron chi connectivity index (χ2n) is 10.1. The number of halogens is 3. The van der Waals surface area contributed by atoms with Gasteiger partial charge in [0.25, 0.3) is 0 Å². The summed E-state index contributed by atoms with van der Waals surface area (Å²) < 4.78 is 42.6. The van der Waals surface area contributed by atoms with E-state index in [-0.39, 0.29) is 13.0 Å². The highest BCUT2D eigenvalue weighted by Crippen LogP contribution is 2.34. The highest BCUT2D eigenvalue weighted by atomic mass is 19.4. The zero-order valence-electron chi connectivity index (χ0n) is 25.8. The van der Waals surface area contributed by atoms with E-state index in [1.54, 1.807) is 18.2 Å². The number of aliphatic hydroxyl groups excluding tert-OH is 1. The van der Waals surface area contributed by atoms with Gasteiger partial charge in [0.1, 0.15) is 18.8 Å². The van der Waals surface area contributed by atoms with Gasteiger partial charge < -0.3 is 19.5 Å². The van der Waals surface area contributed by atoms with Crippen LogP contribution in [0.15, 0.2) is 85.5 Å². The van der Waals surface area contributed by atoms with E-state index in [2.05, 4.69) is 55.3 Å². The minimum absolute atomic E-state index is 0.0115. The first-order chi connectivity index (χ1) is 21.6. The van der Waals surface area contributed by atoms with Crippen LogP contribution in [0.5, 0.6) is 11.5 Å². The zero-order chi connectivity index (χ0) is 33.7. The molecule has 0 saturated carbocycles. The van der Waals surface area contributed by atoms with E-state index < -0.39 is 12.6 Å². The summed E-state index contributed by atoms with van der Waals surface area (Å²) in [5.41, 5.74) is 6.81. The molecule has 3 aromatic carbocycles. The standard InChI is InChI=1S/C30H33F3O3.C5H8O2.CH2O/c1-3-5-17-35-27-19-26(20-28(21-27)36-34)29-15-14-25(18-23(29)4-2)24-12-10-22(11-13-24)9-7-6-8-16-30(31,32)33;1-5(4-7)2-3-6;1-2/h3,10-15,18-21,34H,1,4-9,16-17H2,2H3;4,6H,1-3H2;1H2. The third-order valence-electron chi connectivity index (χ3n) is 6.69. The Morgan fingerprint density at radius 1 is 0.911 bits per heavy atom. The van der Waals surface area contributed by atoms with Crippen LogP contribution >= 0.6 is 0 Å². The Morgan fingerprint density at radius 2 is 1.58 bits per heavy atom. The molecule has 3 aromatic rings. The number of hydrogen-bond donors (Lipinski definition) is 2. The summed E-state index contributed by atoms with van der Waals surface area (Å²) in [5, 5.41) is 17.4. The maximum absolute atomic E-state index is 12.3. The lowest BCUT2D eigenvalue weighted by Gasteiger charge is -2.14. The van der Waals surface area contributed by atoms with Crippen molar-refractivity contribution in [3.63, 3.8) is 0 Å². The van der Waals surface area contributed by atoms with Gasteiger partial charge in [0, 0.05) is 19.1 Å². The molecule has 6 nitrogen and oxygen atoms in total. The Balaban J connectivity index is 0.000000991. The first kappa shape index (κ1) is 38.8. The molecule has 2 N–H and O–H groups in total. The molecular weight excluding hydrogens is 585 g/mol. The molecule has 0 aliphatic heterocycles. The van der Waals surface area contributed by atoms with Crippen molar-refractivity contribution >= 4 is 13.1 Å². The highest BCUT2D eigenvalue weighted by molar-refractivity contribution is 5.75. The Bertz CT molecular complexity index is 1320. The van der Waals surface area contributed by atoms with Gasteiger partial charge in [-0.25, -0.2) is 5.26 Å². The first-order valence-corrected chi connectivity index (χ1v) is 14.7. The Morgan fingerprint density at radius 3 is 2.13 bits per heavy atom. The molecule has 45 heavy (non-hydrogen) atoms. The first-order valence-electron chi connectivity index (χ1n) is 14.7. The number of rotatable bonds is 16. The van der Waals surface area contributed by atoms with E-state index in [0.29, 0.717) is 49.2 Å². The number of carbonyl (C=O) groups is 2. The zero-order valence-corrected chi connectivity index (χ0v) is 25.8. The van der Waals surface area contributed by atoms with Crippen LogP contribution in [0.2, 0.25) is 0 Å². The SMILES string of the molecule is C=C(C=O)CCO.C=CCCOc1cc(OO)cc(-c2ccc(-c3ccc(CCCCCC(F)(F)F)cc3)cc2CC)c1.C=O. The Hall–Kier alpha value is -4.21. The summed E-state index contributed by atoms with van der Waals surface area (Å²) in [6.07, 6.45) is 1.87. The molecule has 0 aliphatic carbocycles. The molecule has 0 aliphatic rings. The summed E-state index contributed by atoms with van der Waals surface area (Å²) >= 11 is 0. The molecule has 0 spiro atoms. The summed E-state index contributed by atoms with van der Waals surface area (Å²) in [7, 11) is 0. The topological polar surface area (TPSA) is 93.1 Å². The number of aryl methyl sites for hydroxylation is 2. The predicted octanol–water partition coefficient (Wildman–Crippen LogP) is 8.99. The van der Waals surface area contributed by atoms with Crippen LogP contribution in [0.1, 0.15) is 56.6 Å². The van der Waals surface area contributed by atoms with Crippen molar-refractivity contribution in [3.05, 3.63) is 96.6 Å². The van der Waals surface area contributed by atoms with Crippen LogP contribution in [0.4, 0.5) is 13.2 Å². The Labute approximate surface area is 263 Å². The lowest BCUT2D eigenvalue weighted by Crippen LogP contribution is -2.06. The summed E-state index contributed by atoms with van der Waals surface area (Å²) in [6, 6.07) is 19.9. The molecule has 0 atom stereocenters. The molecular formula is C36H43F3O6. The molecule has 0 unspecified atom stereocenters. The van der Waals surface area contributed by atoms with Crippen LogP contribution in [-0.2, 0) is 22.4 Å². The summed E-state index contributed by atoms with van der Waals surface area (Å²) in [4.78, 5) is 22.2. The minimum Gasteiger partial charge on any atom is -0.493 e. The Kier molecular flexibility index (Phi) is 18.5. The molecule has 3 rings (SSSR count). The number of alkyl halides is 3. The second kappa shape index (κ2) is 21.5. The van der Waals surface area contributed by atoms with Gasteiger partial charge in [0.15, 0.2) is 5.75 Å². The van der Waals surface area contributed by atoms with Gasteiger partial charge in [0.2, 0.25) is 0 Å². The number of ether oxygens (including phenoxy) is 1. The fourth-order valence-corrected chi connectivity index (χ4v) is 4.37. The number of unbranched alkanes of at least 4 members (excludes halogenated alkanes) is 2. The van der Waals surface area contributed by atoms with Gasteiger partial charge in [0.05, 0.1) is 6.61 Å². The number of carbonyl (C=O) groups excluding carboxylic acids is 2. The van der Waals surface area contributed by atoms with Crippen LogP contribution in [0.25, 0.3) is 22.3 Å². The maximum atomic E-state index is 12.3. The van der Waals surface area contributed by atoms with Crippen molar-refractivity contribution in [1.82, 2.24) is 0 Å². The molecule has 9 heteroatoms. The predicted molar refractivity (Wildman–Crippen MR) is 173 cm³/mol. The average Bonchev–Trinajstić information content (AvgIpc) is 3.05. The van der Waals surface area contributed by atoms with E-state index in [1.165, 1.54) is 0 Å². The van der Waals surface area contributed by atoms with Crippen LogP contribution < -0.4 is 9.62 Å². The van der Waals surface area contributed by atoms with Crippen molar-refractivity contribution in [3.8, 4) is 33.8 Å². The van der Waals surface area contributed by atoms with Crippen molar-refractivity contribution < 1.29 is 42.7 Å². The molecule has 0 saturated heterocycles. The van der Waals surface area contributed by atoms with E-state index in [0.717, 1.165) is 52.6 Å². The molecule has 0 aromatic heterocycles. The molecule has 0 heterocycles. The molecule has 0 bridgehead atoms. The van der Waals surface area contributed by atoms with Gasteiger partial charge in [-0.2, -0.15) is 13.2 Å². The third-order valence-corrected chi connectivity index (χ3v) is 6.69. The van der Waals surface area contributed by atoms with E-state index >= 15 is 0 Å². The average molecular weight is 629 g/mol. The van der Waals surface area contributed by atoms with Gasteiger partial charge in [-0.15, -0.1) is 6.58 Å². The molecule has 0 amide bonds. The van der Waals surface area contributed by atoms with Crippen molar-refractivity contribution in [1.29, 1.82) is 0 Å². The number of hydrogen-bond acceptors (Lipinski definition) is 6. The summed E-state index contributed by atoms with van der Waals surface area (Å²) in [6.45, 7) is 11.6. The lowest BCUT2D eigenvalue weighted by atomic mass is 9.93. The van der Waals surface area contributed by atoms with Crippen LogP contribution in [0, 0.1) is 0 Å². The van der Waals surface area contributed by atoms with Gasteiger partial charge in [-0.1, -0.05) is 68.5 Å². The summed E-state index contributed by atoms with van der Waals surface area (Å²) in [5.74, 6) is 0.916.